The second kappa shape index (κ2) is 5.05. The Morgan fingerprint density at radius 2 is 1.93 bits per heavy atom. The van der Waals surface area contributed by atoms with Crippen molar-refractivity contribution in [3.63, 3.8) is 0 Å². The first-order valence-corrected chi connectivity index (χ1v) is 5.14. The van der Waals surface area contributed by atoms with Crippen LogP contribution in [-0.4, -0.2) is 15.1 Å². The van der Waals surface area contributed by atoms with Crippen molar-refractivity contribution in [2.45, 2.75) is 45.1 Å². The van der Waals surface area contributed by atoms with E-state index in [1.165, 1.54) is 12.7 Å². The molecule has 0 spiro atoms. The third-order valence-corrected chi connectivity index (χ3v) is 2.45. The van der Waals surface area contributed by atoms with E-state index >= 15 is 0 Å². The van der Waals surface area contributed by atoms with Gasteiger partial charge in [0, 0.05) is 18.0 Å². The molecule has 0 fully saturated rings. The molecule has 3 nitrogen and oxygen atoms in total. The molecule has 0 aliphatic rings. The Labute approximate surface area is 85.2 Å². The Balaban J connectivity index is 2.56. The second-order valence-corrected chi connectivity index (χ2v) is 3.86. The molecular formula is C11H18N2O. The van der Waals surface area contributed by atoms with Crippen LogP contribution in [0.2, 0.25) is 0 Å². The molecule has 0 aromatic carbocycles. The van der Waals surface area contributed by atoms with E-state index in [0.29, 0.717) is 0 Å². The van der Waals surface area contributed by atoms with Crippen LogP contribution in [0.1, 0.15) is 45.1 Å². The Kier molecular flexibility index (Phi) is 4.01. The lowest BCUT2D eigenvalue weighted by atomic mass is 9.92. The fraction of sp³-hybridized carbons (Fsp3) is 0.636. The highest BCUT2D eigenvalue weighted by atomic mass is 16.3. The van der Waals surface area contributed by atoms with Crippen molar-refractivity contribution in [1.29, 1.82) is 0 Å². The summed E-state index contributed by atoms with van der Waals surface area (Å²) < 4.78 is 0. The molecule has 0 aliphatic carbocycles. The zero-order chi connectivity index (χ0) is 10.4. The van der Waals surface area contributed by atoms with E-state index in [4.69, 9.17) is 0 Å². The molecular weight excluding hydrogens is 176 g/mol. The number of hydrogen-bond donors (Lipinski definition) is 1. The van der Waals surface area contributed by atoms with Crippen LogP contribution in [0, 0.1) is 0 Å². The summed E-state index contributed by atoms with van der Waals surface area (Å²) in [5, 5.41) is 10.1. The van der Waals surface area contributed by atoms with Gasteiger partial charge in [-0.2, -0.15) is 0 Å². The average Bonchev–Trinajstić information content (AvgIpc) is 2.19. The van der Waals surface area contributed by atoms with Crippen molar-refractivity contribution in [3.8, 4) is 0 Å². The van der Waals surface area contributed by atoms with E-state index < -0.39 is 5.60 Å². The van der Waals surface area contributed by atoms with Gasteiger partial charge in [-0.1, -0.05) is 26.2 Å². The normalized spacial score (nSPS) is 15.1. The maximum atomic E-state index is 10.1. The smallest absolute Gasteiger partial charge is 0.115 e. The largest absolute Gasteiger partial charge is 0.385 e. The minimum atomic E-state index is -0.781. The van der Waals surface area contributed by atoms with Gasteiger partial charge in [0.1, 0.15) is 6.33 Å². The molecule has 1 rings (SSSR count). The van der Waals surface area contributed by atoms with Gasteiger partial charge in [-0.25, -0.2) is 9.97 Å². The van der Waals surface area contributed by atoms with Crippen molar-refractivity contribution in [3.05, 3.63) is 24.3 Å². The molecule has 1 heterocycles. The summed E-state index contributed by atoms with van der Waals surface area (Å²) in [6.07, 6.45) is 8.97. The fourth-order valence-electron chi connectivity index (χ4n) is 1.44. The van der Waals surface area contributed by atoms with Crippen molar-refractivity contribution >= 4 is 0 Å². The first-order chi connectivity index (χ1) is 6.67. The first-order valence-electron chi connectivity index (χ1n) is 5.14. The van der Waals surface area contributed by atoms with Gasteiger partial charge in [0.05, 0.1) is 5.60 Å². The maximum Gasteiger partial charge on any atom is 0.115 e. The van der Waals surface area contributed by atoms with E-state index in [-0.39, 0.29) is 0 Å². The summed E-state index contributed by atoms with van der Waals surface area (Å²) in [6.45, 7) is 3.97. The second-order valence-electron chi connectivity index (χ2n) is 3.86. The van der Waals surface area contributed by atoms with E-state index in [2.05, 4.69) is 16.9 Å². The zero-order valence-corrected chi connectivity index (χ0v) is 8.90. The molecule has 3 heteroatoms. The minimum absolute atomic E-state index is 0.772. The number of nitrogens with zero attached hydrogens (tertiary/aromatic N) is 2. The fourth-order valence-corrected chi connectivity index (χ4v) is 1.44. The molecule has 1 N–H and O–H groups in total. The SMILES string of the molecule is CCCCCC(C)(O)c1cncnc1. The van der Waals surface area contributed by atoms with Crippen LogP contribution in [-0.2, 0) is 5.60 Å². The Morgan fingerprint density at radius 1 is 1.29 bits per heavy atom. The predicted octanol–water partition coefficient (Wildman–Crippen LogP) is 2.26. The molecule has 1 aromatic heterocycles. The molecule has 0 saturated heterocycles. The van der Waals surface area contributed by atoms with Gasteiger partial charge in [0.15, 0.2) is 0 Å². The average molecular weight is 194 g/mol. The highest BCUT2D eigenvalue weighted by Crippen LogP contribution is 2.25. The van der Waals surface area contributed by atoms with Crippen molar-refractivity contribution in [2.75, 3.05) is 0 Å². The molecule has 14 heavy (non-hydrogen) atoms. The van der Waals surface area contributed by atoms with Crippen LogP contribution >= 0.6 is 0 Å². The lowest BCUT2D eigenvalue weighted by Gasteiger charge is -2.22. The number of hydrogen-bond acceptors (Lipinski definition) is 3. The predicted molar refractivity (Wildman–Crippen MR) is 55.7 cm³/mol. The van der Waals surface area contributed by atoms with E-state index in [0.717, 1.165) is 24.8 Å². The summed E-state index contributed by atoms with van der Waals surface area (Å²) in [4.78, 5) is 7.82. The Morgan fingerprint density at radius 3 is 2.50 bits per heavy atom. The summed E-state index contributed by atoms with van der Waals surface area (Å²) in [6, 6.07) is 0. The van der Waals surface area contributed by atoms with Gasteiger partial charge in [0.2, 0.25) is 0 Å². The van der Waals surface area contributed by atoms with E-state index in [1.54, 1.807) is 12.4 Å². The summed E-state index contributed by atoms with van der Waals surface area (Å²) in [5.74, 6) is 0. The highest BCUT2D eigenvalue weighted by molar-refractivity contribution is 5.12. The molecule has 0 aliphatic heterocycles. The van der Waals surface area contributed by atoms with Crippen LogP contribution in [0.5, 0.6) is 0 Å². The molecule has 1 unspecified atom stereocenters. The number of rotatable bonds is 5. The Bertz CT molecular complexity index is 259. The molecule has 0 saturated carbocycles. The van der Waals surface area contributed by atoms with Crippen LogP contribution in [0.3, 0.4) is 0 Å². The van der Waals surface area contributed by atoms with E-state index in [1.807, 2.05) is 6.92 Å². The lowest BCUT2D eigenvalue weighted by Crippen LogP contribution is -2.21. The summed E-state index contributed by atoms with van der Waals surface area (Å²) in [5.41, 5.74) is 0.0206. The standard InChI is InChI=1S/C11H18N2O/c1-3-4-5-6-11(2,14)10-7-12-9-13-8-10/h7-9,14H,3-6H2,1-2H3. The summed E-state index contributed by atoms with van der Waals surface area (Å²) in [7, 11) is 0. The topological polar surface area (TPSA) is 46.0 Å². The van der Waals surface area contributed by atoms with Gasteiger partial charge in [-0.05, 0) is 13.3 Å². The number of aliphatic hydroxyl groups is 1. The first kappa shape index (κ1) is 11.1. The quantitative estimate of drug-likeness (QED) is 0.731. The van der Waals surface area contributed by atoms with Crippen molar-refractivity contribution < 1.29 is 5.11 Å². The van der Waals surface area contributed by atoms with Crippen LogP contribution in [0.25, 0.3) is 0 Å². The monoisotopic (exact) mass is 194 g/mol. The molecule has 0 bridgehead atoms. The van der Waals surface area contributed by atoms with Gasteiger partial charge < -0.3 is 5.11 Å². The molecule has 0 amide bonds. The number of aromatic nitrogens is 2. The molecule has 1 aromatic rings. The highest BCUT2D eigenvalue weighted by Gasteiger charge is 2.22. The Hall–Kier alpha value is -0.960. The van der Waals surface area contributed by atoms with Gasteiger partial charge >= 0.3 is 0 Å². The van der Waals surface area contributed by atoms with E-state index in [9.17, 15) is 5.11 Å². The van der Waals surface area contributed by atoms with Crippen LogP contribution in [0.15, 0.2) is 18.7 Å². The molecule has 1 atom stereocenters. The molecule has 0 radical (unpaired) electrons. The van der Waals surface area contributed by atoms with Gasteiger partial charge in [-0.3, -0.25) is 0 Å². The van der Waals surface area contributed by atoms with Gasteiger partial charge in [-0.15, -0.1) is 0 Å². The third-order valence-electron chi connectivity index (χ3n) is 2.45. The van der Waals surface area contributed by atoms with Crippen molar-refractivity contribution in [1.82, 2.24) is 9.97 Å². The minimum Gasteiger partial charge on any atom is -0.385 e. The third kappa shape index (κ3) is 3.07. The lowest BCUT2D eigenvalue weighted by molar-refractivity contribution is 0.0442. The maximum absolute atomic E-state index is 10.1. The molecule has 78 valence electrons. The summed E-state index contributed by atoms with van der Waals surface area (Å²) >= 11 is 0. The zero-order valence-electron chi connectivity index (χ0n) is 8.90. The van der Waals surface area contributed by atoms with Crippen LogP contribution in [0.4, 0.5) is 0 Å². The van der Waals surface area contributed by atoms with Crippen LogP contribution < -0.4 is 0 Å². The van der Waals surface area contributed by atoms with Crippen molar-refractivity contribution in [2.24, 2.45) is 0 Å². The van der Waals surface area contributed by atoms with Gasteiger partial charge in [0.25, 0.3) is 0 Å². The number of unbranched alkanes of at least 4 members (excludes halogenated alkanes) is 2.